The summed E-state index contributed by atoms with van der Waals surface area (Å²) in [6.45, 7) is 4.90. The minimum atomic E-state index is -1.15. The number of carbonyl (C=O) groups excluding carboxylic acids is 2. The summed E-state index contributed by atoms with van der Waals surface area (Å²) < 4.78 is 15.5. The molecule has 1 aliphatic rings. The average molecular weight is 258 g/mol. The zero-order valence-corrected chi connectivity index (χ0v) is 11.4. The molecular weight excluding hydrogens is 236 g/mol. The van der Waals surface area contributed by atoms with Crippen LogP contribution >= 0.6 is 0 Å². The van der Waals surface area contributed by atoms with Gasteiger partial charge in [0, 0.05) is 20.1 Å². The van der Waals surface area contributed by atoms with Crippen LogP contribution in [-0.2, 0) is 23.8 Å². The molecular formula is C13H22O5. The molecule has 1 saturated heterocycles. The molecule has 0 bridgehead atoms. The van der Waals surface area contributed by atoms with Crippen molar-refractivity contribution in [3.05, 3.63) is 0 Å². The summed E-state index contributed by atoms with van der Waals surface area (Å²) in [6.07, 6.45) is 0.903. The first-order chi connectivity index (χ1) is 8.59. The lowest BCUT2D eigenvalue weighted by Gasteiger charge is -2.37. The summed E-state index contributed by atoms with van der Waals surface area (Å²) >= 11 is 0. The first-order valence-corrected chi connectivity index (χ1v) is 6.36. The Kier molecular flexibility index (Phi) is 5.75. The van der Waals surface area contributed by atoms with Gasteiger partial charge in [0.15, 0.2) is 11.2 Å². The Hall–Kier alpha value is -0.940. The summed E-state index contributed by atoms with van der Waals surface area (Å²) in [5.74, 6) is -0.682. The molecule has 5 heteroatoms. The Bertz CT molecular complexity index is 302. The van der Waals surface area contributed by atoms with E-state index in [-0.39, 0.29) is 31.3 Å². The van der Waals surface area contributed by atoms with E-state index < -0.39 is 11.4 Å². The first kappa shape index (κ1) is 15.1. The quantitative estimate of drug-likeness (QED) is 0.529. The van der Waals surface area contributed by atoms with Crippen LogP contribution in [-0.4, -0.2) is 45.3 Å². The average Bonchev–Trinajstić information content (AvgIpc) is 2.37. The van der Waals surface area contributed by atoms with Gasteiger partial charge in [-0.25, -0.2) is 0 Å². The van der Waals surface area contributed by atoms with Gasteiger partial charge >= 0.3 is 5.97 Å². The molecule has 0 aromatic rings. The number of methoxy groups -OCH3 is 1. The van der Waals surface area contributed by atoms with Gasteiger partial charge in [0.1, 0.15) is 0 Å². The zero-order chi connectivity index (χ0) is 13.6. The van der Waals surface area contributed by atoms with E-state index in [1.807, 2.05) is 6.92 Å². The van der Waals surface area contributed by atoms with Crippen LogP contribution in [0, 0.1) is 11.3 Å². The Balaban J connectivity index is 2.92. The van der Waals surface area contributed by atoms with Gasteiger partial charge in [0.25, 0.3) is 0 Å². The lowest BCUT2D eigenvalue weighted by Crippen LogP contribution is -2.52. The molecule has 1 heterocycles. The maximum absolute atomic E-state index is 12.2. The Morgan fingerprint density at radius 1 is 1.56 bits per heavy atom. The highest BCUT2D eigenvalue weighted by Gasteiger charge is 2.52. The highest BCUT2D eigenvalue weighted by molar-refractivity contribution is 6.04. The Morgan fingerprint density at radius 2 is 2.28 bits per heavy atom. The van der Waals surface area contributed by atoms with Crippen LogP contribution in [0.1, 0.15) is 26.7 Å². The fourth-order valence-corrected chi connectivity index (χ4v) is 2.29. The van der Waals surface area contributed by atoms with Crippen molar-refractivity contribution >= 4 is 11.8 Å². The van der Waals surface area contributed by atoms with Crippen molar-refractivity contribution in [1.29, 1.82) is 0 Å². The number of ketones is 1. The van der Waals surface area contributed by atoms with E-state index in [0.29, 0.717) is 19.6 Å². The van der Waals surface area contributed by atoms with Crippen molar-refractivity contribution in [1.82, 2.24) is 0 Å². The first-order valence-electron chi connectivity index (χ1n) is 6.36. The molecule has 0 amide bonds. The van der Waals surface area contributed by atoms with Crippen molar-refractivity contribution in [2.45, 2.75) is 26.7 Å². The molecule has 5 nitrogen and oxygen atoms in total. The van der Waals surface area contributed by atoms with Gasteiger partial charge in [-0.05, 0) is 19.3 Å². The molecule has 0 radical (unpaired) electrons. The molecule has 0 aromatic carbocycles. The van der Waals surface area contributed by atoms with E-state index in [0.717, 1.165) is 0 Å². The molecule has 1 aliphatic heterocycles. The fourth-order valence-electron chi connectivity index (χ4n) is 2.29. The molecule has 0 N–H and O–H groups in total. The molecule has 1 fully saturated rings. The van der Waals surface area contributed by atoms with Gasteiger partial charge < -0.3 is 14.2 Å². The molecule has 18 heavy (non-hydrogen) atoms. The van der Waals surface area contributed by atoms with Crippen molar-refractivity contribution in [2.24, 2.45) is 11.3 Å². The summed E-state index contributed by atoms with van der Waals surface area (Å²) in [7, 11) is 1.60. The van der Waals surface area contributed by atoms with Crippen LogP contribution < -0.4 is 0 Å². The number of hydrogen-bond donors (Lipinski definition) is 0. The molecule has 0 aromatic heterocycles. The monoisotopic (exact) mass is 258 g/mol. The SMILES string of the molecule is CCOC(=O)C1(C(C)CCOC)COCCC1=O. The minimum absolute atomic E-state index is 0.0733. The normalized spacial score (nSPS) is 25.8. The summed E-state index contributed by atoms with van der Waals surface area (Å²) in [4.78, 5) is 24.4. The summed E-state index contributed by atoms with van der Waals surface area (Å²) in [5.41, 5.74) is -1.15. The van der Waals surface area contributed by atoms with Gasteiger partial charge in [-0.1, -0.05) is 6.92 Å². The van der Waals surface area contributed by atoms with E-state index in [1.54, 1.807) is 14.0 Å². The highest BCUT2D eigenvalue weighted by Crippen LogP contribution is 2.37. The largest absolute Gasteiger partial charge is 0.465 e. The van der Waals surface area contributed by atoms with Crippen LogP contribution in [0.4, 0.5) is 0 Å². The number of esters is 1. The van der Waals surface area contributed by atoms with Gasteiger partial charge in [0.2, 0.25) is 0 Å². The predicted octanol–water partition coefficient (Wildman–Crippen LogP) is 1.20. The number of ether oxygens (including phenoxy) is 3. The van der Waals surface area contributed by atoms with Gasteiger partial charge in [-0.2, -0.15) is 0 Å². The second-order valence-corrected chi connectivity index (χ2v) is 4.60. The molecule has 1 rings (SSSR count). The number of rotatable bonds is 6. The summed E-state index contributed by atoms with van der Waals surface area (Å²) in [6, 6.07) is 0. The molecule has 0 spiro atoms. The molecule has 0 saturated carbocycles. The number of hydrogen-bond acceptors (Lipinski definition) is 5. The maximum Gasteiger partial charge on any atom is 0.322 e. The number of carbonyl (C=O) groups is 2. The maximum atomic E-state index is 12.2. The van der Waals surface area contributed by atoms with E-state index in [2.05, 4.69) is 0 Å². The van der Waals surface area contributed by atoms with Crippen LogP contribution in [0.15, 0.2) is 0 Å². The fraction of sp³-hybridized carbons (Fsp3) is 0.846. The van der Waals surface area contributed by atoms with E-state index in [1.165, 1.54) is 0 Å². The lowest BCUT2D eigenvalue weighted by molar-refractivity contribution is -0.174. The van der Waals surface area contributed by atoms with Crippen molar-refractivity contribution in [3.8, 4) is 0 Å². The molecule has 2 atom stereocenters. The smallest absolute Gasteiger partial charge is 0.322 e. The third kappa shape index (κ3) is 2.90. The standard InChI is InChI=1S/C13H22O5/c1-4-18-12(15)13(10(2)5-7-16-3)9-17-8-6-11(13)14/h10H,4-9H2,1-3H3. The topological polar surface area (TPSA) is 61.8 Å². The lowest BCUT2D eigenvalue weighted by atomic mass is 9.70. The van der Waals surface area contributed by atoms with Gasteiger partial charge in [0.05, 0.1) is 19.8 Å². The van der Waals surface area contributed by atoms with E-state index in [4.69, 9.17) is 14.2 Å². The van der Waals surface area contributed by atoms with Crippen molar-refractivity contribution < 1.29 is 23.8 Å². The minimum Gasteiger partial charge on any atom is -0.465 e. The molecule has 2 unspecified atom stereocenters. The van der Waals surface area contributed by atoms with E-state index >= 15 is 0 Å². The predicted molar refractivity (Wildman–Crippen MR) is 65.2 cm³/mol. The van der Waals surface area contributed by atoms with Crippen molar-refractivity contribution in [3.63, 3.8) is 0 Å². The molecule has 0 aliphatic carbocycles. The highest BCUT2D eigenvalue weighted by atomic mass is 16.5. The van der Waals surface area contributed by atoms with Crippen LogP contribution in [0.3, 0.4) is 0 Å². The second-order valence-electron chi connectivity index (χ2n) is 4.60. The van der Waals surface area contributed by atoms with Crippen molar-refractivity contribution in [2.75, 3.05) is 33.5 Å². The Labute approximate surface area is 108 Å². The third-order valence-electron chi connectivity index (χ3n) is 3.54. The third-order valence-corrected chi connectivity index (χ3v) is 3.54. The second kappa shape index (κ2) is 6.85. The number of Topliss-reactive ketones (excluding diaryl/α,β-unsaturated/α-hetero) is 1. The zero-order valence-electron chi connectivity index (χ0n) is 11.4. The van der Waals surface area contributed by atoms with Gasteiger partial charge in [-0.15, -0.1) is 0 Å². The summed E-state index contributed by atoms with van der Waals surface area (Å²) in [5, 5.41) is 0. The van der Waals surface area contributed by atoms with Crippen LogP contribution in [0.5, 0.6) is 0 Å². The Morgan fingerprint density at radius 3 is 2.83 bits per heavy atom. The van der Waals surface area contributed by atoms with Crippen LogP contribution in [0.2, 0.25) is 0 Å². The van der Waals surface area contributed by atoms with Gasteiger partial charge in [-0.3, -0.25) is 9.59 Å². The van der Waals surface area contributed by atoms with E-state index in [9.17, 15) is 9.59 Å². The van der Waals surface area contributed by atoms with Crippen LogP contribution in [0.25, 0.3) is 0 Å². The molecule has 104 valence electrons.